The number of aliphatic carboxylic acids is 1. The highest BCUT2D eigenvalue weighted by atomic mass is 16.7. The molecule has 0 spiro atoms. The Morgan fingerprint density at radius 3 is 2.48 bits per heavy atom. The Morgan fingerprint density at radius 2 is 1.90 bits per heavy atom. The van der Waals surface area contributed by atoms with Gasteiger partial charge in [-0.05, 0) is 50.4 Å². The summed E-state index contributed by atoms with van der Waals surface area (Å²) in [6.45, 7) is 5.65. The van der Waals surface area contributed by atoms with Gasteiger partial charge in [-0.25, -0.2) is 0 Å². The average Bonchev–Trinajstić information content (AvgIpc) is 3.60. The number of amides is 1. The third-order valence-corrected chi connectivity index (χ3v) is 11.8. The molecule has 5 rings (SSSR count). The largest absolute Gasteiger partial charge is 0.804 e. The number of aliphatic hydroxyl groups is 7. The number of ether oxygens (including phenoxy) is 3. The third-order valence-electron chi connectivity index (χ3n) is 11.8. The van der Waals surface area contributed by atoms with Crippen molar-refractivity contribution in [1.29, 1.82) is 0 Å². The number of carboxylic acid groups (broad SMARTS) is 1. The standard InChI is InChI=1S/C34H51N3O13/c1-16(2)19(11-17-9-10-36-13-17)14-37-31(45)34(47)32(50-27(30(43)44)28(41)33(34,46)15-38)48-21-7-8-22-23(12-21)49-26(29(35)42)24(25(22)40)18-3-5-20(39)6-4-18/h9-10,13,15-16,18-28,31-32,37,39-41,46-47H,3-8,11-12,14H2,1-2H3,(H2,35,42)(H,43,44)/p+1/t18?,19-,20?,21?,22?,23?,24?,25?,26?,27-,28+,31+,32+,33-,34+/m0/s1. The van der Waals surface area contributed by atoms with Crippen LogP contribution in [0.1, 0.15) is 65.2 Å². The number of primary amides is 1. The third kappa shape index (κ3) is 7.38. The van der Waals surface area contributed by atoms with E-state index in [1.54, 1.807) is 12.8 Å². The lowest BCUT2D eigenvalue weighted by Gasteiger charge is -2.57. The summed E-state index contributed by atoms with van der Waals surface area (Å²) in [6, 6.07) is 0. The number of aliphatic imine (C=N–C) groups is 1. The molecule has 4 fully saturated rings. The van der Waals surface area contributed by atoms with Gasteiger partial charge in [-0.15, -0.1) is 4.99 Å². The van der Waals surface area contributed by atoms with Crippen LogP contribution in [-0.4, -0.2) is 128 Å². The van der Waals surface area contributed by atoms with Crippen molar-refractivity contribution < 1.29 is 69.7 Å². The van der Waals surface area contributed by atoms with Crippen molar-refractivity contribution in [2.45, 2.75) is 132 Å². The fourth-order valence-electron chi connectivity index (χ4n) is 8.69. The molecule has 2 aliphatic carbocycles. The number of aldehydes is 1. The smallest absolute Gasteiger partial charge is 0.297 e. The van der Waals surface area contributed by atoms with Gasteiger partial charge in [-0.2, -0.15) is 0 Å². The van der Waals surface area contributed by atoms with E-state index in [9.17, 15) is 50.1 Å². The molecule has 0 aromatic heterocycles. The highest BCUT2D eigenvalue weighted by molar-refractivity contribution is 5.82. The molecule has 5 aliphatic rings. The summed E-state index contributed by atoms with van der Waals surface area (Å²) in [5, 5.41) is 83.0. The van der Waals surface area contributed by atoms with Crippen molar-refractivity contribution in [3.63, 3.8) is 0 Å². The van der Waals surface area contributed by atoms with Crippen LogP contribution in [0.3, 0.4) is 0 Å². The van der Waals surface area contributed by atoms with Crippen LogP contribution < -0.4 is 21.3 Å². The Bertz CT molecular complexity index is 1290. The van der Waals surface area contributed by atoms with E-state index in [0.29, 0.717) is 38.5 Å². The molecule has 3 aliphatic heterocycles. The first-order valence-corrected chi connectivity index (χ1v) is 17.6. The Kier molecular flexibility index (Phi) is 12.1. The van der Waals surface area contributed by atoms with Crippen LogP contribution in [0.15, 0.2) is 16.6 Å². The molecule has 50 heavy (non-hydrogen) atoms. The molecule has 0 radical (unpaired) electrons. The molecule has 3 heterocycles. The van der Waals surface area contributed by atoms with Gasteiger partial charge in [0.15, 0.2) is 36.1 Å². The highest BCUT2D eigenvalue weighted by Gasteiger charge is 2.69. The van der Waals surface area contributed by atoms with E-state index >= 15 is 0 Å². The number of aliphatic hydroxyl groups excluding tert-OH is 3. The van der Waals surface area contributed by atoms with E-state index in [1.165, 1.54) is 0 Å². The monoisotopic (exact) mass is 710 g/mol. The first-order chi connectivity index (χ1) is 23.6. The quantitative estimate of drug-likeness (QED) is 0.0410. The van der Waals surface area contributed by atoms with Crippen LogP contribution in [0.2, 0.25) is 0 Å². The van der Waals surface area contributed by atoms with Gasteiger partial charge in [-0.3, -0.25) is 9.59 Å². The fourth-order valence-corrected chi connectivity index (χ4v) is 8.69. The van der Waals surface area contributed by atoms with E-state index in [-0.39, 0.29) is 49.3 Å². The minimum absolute atomic E-state index is 0.0476. The number of rotatable bonds is 13. The van der Waals surface area contributed by atoms with Crippen molar-refractivity contribution >= 4 is 24.4 Å². The van der Waals surface area contributed by atoms with Gasteiger partial charge in [-0.1, -0.05) is 13.8 Å². The minimum atomic E-state index is -3.34. The SMILES string of the molecule is CC(C)[C@H](C[NH2+][C@H]([O-])[C@@]1(O)[C@H](OC2CCC3C(C2)[OH+]C(C(N)=O)C(C2CCC(O)CC2)C3O)O[C@H](C(=O)[O-])[C@@H](O)[C@@]1(O)C=O)CC1=C[CH+]N=C1. The van der Waals surface area contributed by atoms with E-state index < -0.39 is 84.2 Å². The zero-order valence-electron chi connectivity index (χ0n) is 28.4. The molecular weight excluding hydrogens is 658 g/mol. The molecule has 13 atom stereocenters. The molecule has 2 saturated heterocycles. The molecule has 2 saturated carbocycles. The number of fused-ring (bicyclic) bond motifs is 1. The molecule has 6 unspecified atom stereocenters. The summed E-state index contributed by atoms with van der Waals surface area (Å²) < 4.78 is 16.3. The van der Waals surface area contributed by atoms with Crippen molar-refractivity contribution in [2.75, 3.05) is 6.54 Å². The van der Waals surface area contributed by atoms with E-state index in [1.807, 2.05) is 19.9 Å². The summed E-state index contributed by atoms with van der Waals surface area (Å²) >= 11 is 0. The summed E-state index contributed by atoms with van der Waals surface area (Å²) in [4.78, 5) is 41.1. The average molecular weight is 711 g/mol. The van der Waals surface area contributed by atoms with Gasteiger partial charge in [0.1, 0.15) is 24.3 Å². The van der Waals surface area contributed by atoms with E-state index in [2.05, 4.69) is 4.99 Å². The summed E-state index contributed by atoms with van der Waals surface area (Å²) in [7, 11) is 0. The van der Waals surface area contributed by atoms with Crippen LogP contribution in [0.5, 0.6) is 0 Å². The first kappa shape index (κ1) is 38.7. The van der Waals surface area contributed by atoms with Gasteiger partial charge in [0, 0.05) is 18.8 Å². The molecule has 16 nitrogen and oxygen atoms in total. The minimum Gasteiger partial charge on any atom is -0.804 e. The van der Waals surface area contributed by atoms with Gasteiger partial charge >= 0.3 is 0 Å². The Morgan fingerprint density at radius 1 is 1.20 bits per heavy atom. The topological polar surface area (TPSA) is 285 Å². The molecule has 280 valence electrons. The van der Waals surface area contributed by atoms with E-state index in [0.717, 1.165) is 10.9 Å². The molecule has 0 aromatic carbocycles. The molecule has 0 aromatic rings. The zero-order valence-corrected chi connectivity index (χ0v) is 28.4. The maximum atomic E-state index is 14.0. The maximum Gasteiger partial charge on any atom is 0.297 e. The van der Waals surface area contributed by atoms with Crippen LogP contribution >= 0.6 is 0 Å². The number of carbonyl (C=O) groups is 3. The second kappa shape index (κ2) is 15.6. The predicted molar refractivity (Wildman–Crippen MR) is 169 cm³/mol. The molecule has 0 bridgehead atoms. The first-order valence-electron chi connectivity index (χ1n) is 17.6. The number of nitrogens with zero attached hydrogens (tertiary/aromatic N) is 1. The molecule has 1 amide bonds. The van der Waals surface area contributed by atoms with E-state index in [4.69, 9.17) is 19.9 Å². The van der Waals surface area contributed by atoms with Gasteiger partial charge in [0.25, 0.3) is 5.91 Å². The molecular formula is C34H52N3O13+. The second-order valence-electron chi connectivity index (χ2n) is 15.1. The van der Waals surface area contributed by atoms with Crippen LogP contribution in [0.4, 0.5) is 0 Å². The summed E-state index contributed by atoms with van der Waals surface area (Å²) in [5.74, 6) is -3.75. The van der Waals surface area contributed by atoms with Gasteiger partial charge < -0.3 is 65.8 Å². The second-order valence-corrected chi connectivity index (χ2v) is 15.1. The summed E-state index contributed by atoms with van der Waals surface area (Å²) in [5.41, 5.74) is 0.157. The molecule has 10 N–H and O–H groups in total. The number of quaternary nitrogens is 1. The lowest BCUT2D eigenvalue weighted by Crippen LogP contribution is -3.03. The fraction of sp³-hybridized carbons (Fsp3) is 0.794. The lowest BCUT2D eigenvalue weighted by molar-refractivity contribution is -0.838. The Hall–Kier alpha value is -2.51. The number of hydrogen-bond acceptors (Lipinski definition) is 13. The maximum absolute atomic E-state index is 14.0. The molecule has 16 heteroatoms. The zero-order chi connectivity index (χ0) is 36.5. The van der Waals surface area contributed by atoms with Crippen LogP contribution in [0.25, 0.3) is 0 Å². The Labute approximate surface area is 290 Å². The number of hydrogen-bond donors (Lipinski definition) is 7. The number of carboxylic acids is 1. The lowest BCUT2D eigenvalue weighted by atomic mass is 9.66. The number of allylic oxidation sites excluding steroid dienone is 1. The predicted octanol–water partition coefficient (Wildman–Crippen LogP) is -4.95. The number of nitrogens with two attached hydrogens (primary N) is 2. The van der Waals surface area contributed by atoms with Crippen LogP contribution in [-0.2, 0) is 23.9 Å². The van der Waals surface area contributed by atoms with Crippen molar-refractivity contribution in [3.05, 3.63) is 18.2 Å². The van der Waals surface area contributed by atoms with Crippen molar-refractivity contribution in [3.8, 4) is 0 Å². The van der Waals surface area contributed by atoms with Crippen molar-refractivity contribution in [1.82, 2.24) is 0 Å². The van der Waals surface area contributed by atoms with Crippen molar-refractivity contribution in [2.24, 2.45) is 40.3 Å². The van der Waals surface area contributed by atoms with Gasteiger partial charge in [0.2, 0.25) is 6.10 Å². The normalized spacial score (nSPS) is 43.0. The Balaban J connectivity index is 1.36. The highest BCUT2D eigenvalue weighted by Crippen LogP contribution is 2.46. The summed E-state index contributed by atoms with van der Waals surface area (Å²) in [6.07, 6.45) is -6.69. The van der Waals surface area contributed by atoms with Crippen LogP contribution in [0, 0.1) is 36.1 Å². The number of carbonyl (C=O) groups excluding carboxylic acids is 3. The van der Waals surface area contributed by atoms with Gasteiger partial charge in [0.05, 0.1) is 55.0 Å².